The molecule has 3 nitrogen and oxygen atoms in total. The molecule has 0 bridgehead atoms. The van der Waals surface area contributed by atoms with E-state index < -0.39 is 0 Å². The zero-order valence-corrected chi connectivity index (χ0v) is 17.3. The molecule has 3 heterocycles. The first-order valence-corrected chi connectivity index (χ1v) is 10.5. The predicted molar refractivity (Wildman–Crippen MR) is 128 cm³/mol. The molecule has 3 heteroatoms. The van der Waals surface area contributed by atoms with E-state index in [9.17, 15) is 0 Å². The molecule has 7 rings (SSSR count). The normalized spacial score (nSPS) is 12.2. The van der Waals surface area contributed by atoms with Crippen LogP contribution in [0.2, 0.25) is 0 Å². The lowest BCUT2D eigenvalue weighted by molar-refractivity contribution is -0.643. The van der Waals surface area contributed by atoms with Crippen molar-refractivity contribution >= 4 is 65.5 Å². The highest BCUT2D eigenvalue weighted by atomic mass is 15.0. The Labute approximate surface area is 178 Å². The molecule has 0 aliphatic carbocycles. The second-order valence-electron chi connectivity index (χ2n) is 8.44. The first-order valence-electron chi connectivity index (χ1n) is 10.5. The highest BCUT2D eigenvalue weighted by molar-refractivity contribution is 6.29. The molecule has 0 unspecified atom stereocenters. The predicted octanol–water partition coefficient (Wildman–Crippen LogP) is 6.83. The summed E-state index contributed by atoms with van der Waals surface area (Å²) in [5.74, 6) is 0. The minimum atomic E-state index is 0.711. The van der Waals surface area contributed by atoms with Crippen LogP contribution in [0.1, 0.15) is 5.56 Å². The fourth-order valence-electron chi connectivity index (χ4n) is 5.61. The maximum absolute atomic E-state index is 7.78. The van der Waals surface area contributed by atoms with E-state index in [-0.39, 0.29) is 0 Å². The fraction of sp³-hybridized carbons (Fsp3) is 0.0714. The molecule has 3 aromatic heterocycles. The van der Waals surface area contributed by atoms with Crippen molar-refractivity contribution in [2.75, 3.05) is 0 Å². The minimum Gasteiger partial charge on any atom is -0.309 e. The monoisotopic (exact) mass is 396 g/mol. The topological polar surface area (TPSA) is 12.7 Å². The van der Waals surface area contributed by atoms with Crippen LogP contribution in [0.4, 0.5) is 5.69 Å². The van der Waals surface area contributed by atoms with Crippen molar-refractivity contribution in [3.8, 4) is 0 Å². The molecular weight excluding hydrogens is 378 g/mol. The Morgan fingerprint density at radius 1 is 0.806 bits per heavy atom. The first-order chi connectivity index (χ1) is 15.2. The quantitative estimate of drug-likeness (QED) is 0.115. The van der Waals surface area contributed by atoms with Crippen molar-refractivity contribution in [2.45, 2.75) is 6.92 Å². The van der Waals surface area contributed by atoms with Gasteiger partial charge in [0.05, 0.1) is 28.4 Å². The number of nitrogens with zero attached hydrogens (tertiary/aromatic N) is 3. The molecule has 0 spiro atoms. The van der Waals surface area contributed by atoms with Gasteiger partial charge in [0.15, 0.2) is 11.9 Å². The van der Waals surface area contributed by atoms with Crippen LogP contribution in [0, 0.1) is 13.5 Å². The molecule has 0 radical (unpaired) electrons. The van der Waals surface area contributed by atoms with E-state index in [1.54, 1.807) is 0 Å². The molecule has 31 heavy (non-hydrogen) atoms. The number of aromatic nitrogens is 2. The van der Waals surface area contributed by atoms with Gasteiger partial charge in [0.25, 0.3) is 0 Å². The van der Waals surface area contributed by atoms with Crippen LogP contribution in [-0.4, -0.2) is 4.40 Å². The van der Waals surface area contributed by atoms with Gasteiger partial charge in [-0.2, -0.15) is 0 Å². The van der Waals surface area contributed by atoms with Gasteiger partial charge in [-0.1, -0.05) is 48.5 Å². The summed E-state index contributed by atoms with van der Waals surface area (Å²) < 4.78 is 4.64. The number of hydrogen-bond donors (Lipinski definition) is 0. The van der Waals surface area contributed by atoms with Crippen molar-refractivity contribution in [3.63, 3.8) is 0 Å². The third-order valence-corrected chi connectivity index (χ3v) is 6.92. The summed E-state index contributed by atoms with van der Waals surface area (Å²) in [5.41, 5.74) is 6.76. The summed E-state index contributed by atoms with van der Waals surface area (Å²) in [5, 5.41) is 8.49. The molecule has 0 aliphatic heterocycles. The van der Waals surface area contributed by atoms with Gasteiger partial charge in [-0.05, 0) is 46.2 Å². The first kappa shape index (κ1) is 16.6. The third kappa shape index (κ3) is 1.86. The molecule has 0 N–H and O–H groups in total. The van der Waals surface area contributed by atoms with Gasteiger partial charge >= 0.3 is 0 Å². The van der Waals surface area contributed by atoms with E-state index in [4.69, 9.17) is 6.57 Å². The van der Waals surface area contributed by atoms with Gasteiger partial charge < -0.3 is 4.40 Å². The molecule has 0 saturated carbocycles. The second kappa shape index (κ2) is 5.50. The average molecular weight is 396 g/mol. The lowest BCUT2D eigenvalue weighted by Crippen LogP contribution is -2.28. The van der Waals surface area contributed by atoms with Crippen LogP contribution in [0.5, 0.6) is 0 Å². The van der Waals surface area contributed by atoms with Gasteiger partial charge in [0.2, 0.25) is 5.52 Å². The van der Waals surface area contributed by atoms with Crippen LogP contribution in [0.3, 0.4) is 0 Å². The molecule has 0 saturated heterocycles. The second-order valence-corrected chi connectivity index (χ2v) is 8.44. The Balaban J connectivity index is 1.98. The average Bonchev–Trinajstić information content (AvgIpc) is 3.15. The van der Waals surface area contributed by atoms with Gasteiger partial charge in [0.1, 0.15) is 7.05 Å². The molecule has 144 valence electrons. The summed E-state index contributed by atoms with van der Waals surface area (Å²) in [4.78, 5) is 3.87. The maximum Gasteiger partial charge on any atom is 0.224 e. The lowest BCUT2D eigenvalue weighted by Gasteiger charge is -2.14. The van der Waals surface area contributed by atoms with Gasteiger partial charge in [-0.25, -0.2) is 9.41 Å². The molecular formula is C28H18N3+. The van der Waals surface area contributed by atoms with E-state index in [0.717, 1.165) is 16.3 Å². The molecule has 0 aliphatic rings. The van der Waals surface area contributed by atoms with Crippen LogP contribution in [-0.2, 0) is 7.05 Å². The van der Waals surface area contributed by atoms with E-state index in [1.165, 1.54) is 49.0 Å². The lowest BCUT2D eigenvalue weighted by atomic mass is 9.96. The van der Waals surface area contributed by atoms with E-state index >= 15 is 0 Å². The Bertz CT molecular complexity index is 1920. The Morgan fingerprint density at radius 3 is 2.55 bits per heavy atom. The Kier molecular flexibility index (Phi) is 2.95. The number of rotatable bonds is 0. The van der Waals surface area contributed by atoms with Crippen LogP contribution < -0.4 is 4.57 Å². The van der Waals surface area contributed by atoms with E-state index in [1.807, 2.05) is 12.1 Å². The minimum absolute atomic E-state index is 0.711. The van der Waals surface area contributed by atoms with Crippen molar-refractivity contribution in [3.05, 3.63) is 89.9 Å². The maximum atomic E-state index is 7.78. The highest BCUT2D eigenvalue weighted by Gasteiger charge is 2.25. The van der Waals surface area contributed by atoms with E-state index in [0.29, 0.717) is 5.69 Å². The summed E-state index contributed by atoms with van der Waals surface area (Å²) in [6.45, 7) is 10.0. The summed E-state index contributed by atoms with van der Waals surface area (Å²) in [6, 6.07) is 23.6. The number of benzene rings is 4. The number of pyridine rings is 2. The van der Waals surface area contributed by atoms with Crippen LogP contribution in [0.15, 0.2) is 72.9 Å². The van der Waals surface area contributed by atoms with Crippen molar-refractivity contribution in [1.82, 2.24) is 4.40 Å². The molecule has 7 aromatic rings. The van der Waals surface area contributed by atoms with Crippen molar-refractivity contribution in [1.29, 1.82) is 0 Å². The number of aryl methyl sites for hydroxylation is 2. The molecule has 0 atom stereocenters. The fourth-order valence-corrected chi connectivity index (χ4v) is 5.61. The van der Waals surface area contributed by atoms with Crippen molar-refractivity contribution < 1.29 is 4.57 Å². The third-order valence-electron chi connectivity index (χ3n) is 6.92. The van der Waals surface area contributed by atoms with Gasteiger partial charge in [0, 0.05) is 17.0 Å². The molecule has 0 fully saturated rings. The molecule has 0 amide bonds. The van der Waals surface area contributed by atoms with Crippen molar-refractivity contribution in [2.24, 2.45) is 7.05 Å². The number of hydrogen-bond acceptors (Lipinski definition) is 0. The molecule has 4 aromatic carbocycles. The van der Waals surface area contributed by atoms with Crippen LogP contribution in [0.25, 0.3) is 64.6 Å². The summed E-state index contributed by atoms with van der Waals surface area (Å²) >= 11 is 0. The SMILES string of the molecule is [C-]#[N+]c1cccc2c1c1ccc3cc[n+](C)c4c5c(C)c6ccccc6cc5n2c1c34. The zero-order chi connectivity index (χ0) is 20.9. The Morgan fingerprint density at radius 2 is 1.68 bits per heavy atom. The highest BCUT2D eigenvalue weighted by Crippen LogP contribution is 2.44. The van der Waals surface area contributed by atoms with Gasteiger partial charge in [-0.3, -0.25) is 0 Å². The largest absolute Gasteiger partial charge is 0.309 e. The smallest absolute Gasteiger partial charge is 0.224 e. The number of fused-ring (bicyclic) bond motifs is 7. The standard InChI is InChI=1S/C28H18N3/c1-16-19-8-5-4-7-18(19)15-23-24(16)28-25-17(13-14-30(28)3)11-12-20-26-21(29-2)9-6-10-22(26)31(23)27(20)25/h4-15H,1,3H3/q+1. The van der Waals surface area contributed by atoms with Crippen LogP contribution >= 0.6 is 0 Å². The summed E-state index contributed by atoms with van der Waals surface area (Å²) in [6.07, 6.45) is 2.16. The summed E-state index contributed by atoms with van der Waals surface area (Å²) in [7, 11) is 2.13. The van der Waals surface area contributed by atoms with Gasteiger partial charge in [-0.15, -0.1) is 0 Å². The zero-order valence-electron chi connectivity index (χ0n) is 17.3. The Hall–Kier alpha value is -4.16. The van der Waals surface area contributed by atoms with E-state index in [2.05, 4.69) is 88.6 Å².